The van der Waals surface area contributed by atoms with Crippen molar-refractivity contribution in [2.24, 2.45) is 0 Å². The molecule has 5 heavy (non-hydrogen) atoms. The van der Waals surface area contributed by atoms with Crippen LogP contribution >= 0.6 is 11.7 Å². The molecule has 0 N–H and O–H groups in total. The predicted molar refractivity (Wildman–Crippen MR) is 17.9 cm³/mol. The molecule has 0 aliphatic rings. The number of hydrogen-bond donors (Lipinski definition) is 1. The zero-order valence-corrected chi connectivity index (χ0v) is 5.85. The fraction of sp³-hybridized carbons (Fsp3) is 0. The quantitative estimate of drug-likeness (QED) is 0.378. The van der Waals surface area contributed by atoms with Gasteiger partial charge >= 0.3 is 46.2 Å². The molecule has 0 aliphatic carbocycles. The predicted octanol–water partition coefficient (Wildman–Crippen LogP) is -0.292. The van der Waals surface area contributed by atoms with Crippen molar-refractivity contribution in [2.75, 3.05) is 0 Å². The minimum absolute atomic E-state index is 1.38. The van der Waals surface area contributed by atoms with Crippen molar-refractivity contribution < 1.29 is 28.2 Å². The van der Waals surface area contributed by atoms with E-state index in [1.807, 2.05) is 0 Å². The normalized spacial score (nSPS) is 11.8. The first kappa shape index (κ1) is 6.04. The zero-order chi connectivity index (χ0) is 4.50. The van der Waals surface area contributed by atoms with Gasteiger partial charge in [0.2, 0.25) is 0 Å². The van der Waals surface area contributed by atoms with Crippen molar-refractivity contribution in [2.45, 2.75) is 0 Å². The molecule has 2 nitrogen and oxygen atoms in total. The van der Waals surface area contributed by atoms with E-state index in [0.717, 1.165) is 0 Å². The second-order valence-corrected chi connectivity index (χ2v) is 8.07. The fourth-order valence-electron chi connectivity index (χ4n) is 0. The first-order chi connectivity index (χ1) is 2.00. The molecule has 0 aromatic rings. The molecule has 5 heteroatoms. The van der Waals surface area contributed by atoms with Gasteiger partial charge < -0.3 is 0 Å². The van der Waals surface area contributed by atoms with E-state index in [9.17, 15) is 8.42 Å². The summed E-state index contributed by atoms with van der Waals surface area (Å²) in [6, 6.07) is 0. The standard InChI is InChI=1S/Au.HO2S2/c;1-4(2)3/h;(H,1,2,3). The van der Waals surface area contributed by atoms with Gasteiger partial charge in [0.15, 0.2) is 0 Å². The van der Waals surface area contributed by atoms with Crippen molar-refractivity contribution in [3.63, 3.8) is 0 Å². The molecule has 0 aromatic heterocycles. The van der Waals surface area contributed by atoms with Crippen LogP contribution in [0.25, 0.3) is 0 Å². The van der Waals surface area contributed by atoms with Gasteiger partial charge in [-0.25, -0.2) is 0 Å². The van der Waals surface area contributed by atoms with Gasteiger partial charge in [-0.3, -0.25) is 0 Å². The van der Waals surface area contributed by atoms with Crippen molar-refractivity contribution in [1.29, 1.82) is 0 Å². The van der Waals surface area contributed by atoms with Crippen LogP contribution in [0.5, 0.6) is 0 Å². The van der Waals surface area contributed by atoms with Crippen LogP contribution in [0.1, 0.15) is 0 Å². The third kappa shape index (κ3) is 43.1. The van der Waals surface area contributed by atoms with Gasteiger partial charge in [-0.15, -0.1) is 0 Å². The average molecular weight is 294 g/mol. The van der Waals surface area contributed by atoms with Crippen molar-refractivity contribution >= 4 is 18.0 Å². The first-order valence-corrected chi connectivity index (χ1v) is 5.67. The van der Waals surface area contributed by atoms with Crippen LogP contribution in [0.2, 0.25) is 0 Å². The molecule has 0 rings (SSSR count). The molecule has 0 aliphatic heterocycles. The monoisotopic (exact) mass is 294 g/mol. The van der Waals surface area contributed by atoms with E-state index in [4.69, 9.17) is 0 Å². The Bertz CT molecular complexity index is 90.8. The number of rotatable bonds is 0. The second-order valence-electron chi connectivity index (χ2n) is 0.373. The molecule has 0 fully saturated rings. The fourth-order valence-corrected chi connectivity index (χ4v) is 0. The Kier molecular flexibility index (Phi) is 2.01. The van der Waals surface area contributed by atoms with E-state index >= 15 is 0 Å². The van der Waals surface area contributed by atoms with Crippen LogP contribution in [0.4, 0.5) is 0 Å². The molecule has 0 spiro atoms. The van der Waals surface area contributed by atoms with Gasteiger partial charge in [-0.1, -0.05) is 0 Å². The van der Waals surface area contributed by atoms with Gasteiger partial charge in [-0.05, 0) is 0 Å². The topological polar surface area (TPSA) is 34.1 Å². The van der Waals surface area contributed by atoms with E-state index in [1.54, 1.807) is 0 Å². The molecular weight excluding hydrogens is 293 g/mol. The number of hydrogen-bond acceptors (Lipinski definition) is 2. The van der Waals surface area contributed by atoms with E-state index in [-0.39, 0.29) is 0 Å². The summed E-state index contributed by atoms with van der Waals surface area (Å²) in [5, 5.41) is 0. The summed E-state index contributed by atoms with van der Waals surface area (Å²) in [5.41, 5.74) is 0. The van der Waals surface area contributed by atoms with E-state index in [0.29, 0.717) is 0 Å². The minimum atomic E-state index is -3.03. The number of thiol groups is 1. The van der Waals surface area contributed by atoms with Gasteiger partial charge in [0.05, 0.1) is 0 Å². The second kappa shape index (κ2) is 1.66. The SMILES string of the molecule is O=[S](=O)(S)[Au]. The Balaban J connectivity index is 4.06. The Hall–Kier alpha value is 1.04. The van der Waals surface area contributed by atoms with Crippen LogP contribution in [-0.2, 0) is 26.1 Å². The van der Waals surface area contributed by atoms with Gasteiger partial charge in [0.1, 0.15) is 0 Å². The van der Waals surface area contributed by atoms with Crippen LogP contribution in [0, 0.1) is 0 Å². The first-order valence-electron chi connectivity index (χ1n) is 0.639. The summed E-state index contributed by atoms with van der Waals surface area (Å²) in [6.07, 6.45) is -3.03. The Morgan fingerprint density at radius 3 is 1.60 bits per heavy atom. The Morgan fingerprint density at radius 1 is 1.60 bits per heavy atom. The van der Waals surface area contributed by atoms with E-state index in [1.165, 1.54) is 19.7 Å². The summed E-state index contributed by atoms with van der Waals surface area (Å²) in [7, 11) is 0. The third-order valence-electron chi connectivity index (χ3n) is 0. The molecule has 0 unspecified atom stereocenters. The van der Waals surface area contributed by atoms with Crippen molar-refractivity contribution in [3.8, 4) is 0 Å². The molecule has 0 amide bonds. The average Bonchev–Trinajstić information content (AvgIpc) is 0.722. The van der Waals surface area contributed by atoms with E-state index < -0.39 is 6.33 Å². The summed E-state index contributed by atoms with van der Waals surface area (Å²) < 4.78 is 18.9. The molecule has 36 valence electrons. The van der Waals surface area contributed by atoms with Gasteiger partial charge in [0, 0.05) is 0 Å². The van der Waals surface area contributed by atoms with Crippen molar-refractivity contribution in [1.82, 2.24) is 0 Å². The van der Waals surface area contributed by atoms with Crippen LogP contribution < -0.4 is 0 Å². The molecule has 0 aromatic carbocycles. The summed E-state index contributed by atoms with van der Waals surface area (Å²) >= 11 is 4.45. The molecule has 0 bridgehead atoms. The Labute approximate surface area is 46.2 Å². The third-order valence-corrected chi connectivity index (χ3v) is 0. The van der Waals surface area contributed by atoms with Gasteiger partial charge in [0.25, 0.3) is 0 Å². The molecular formula is HAuO2S2. The van der Waals surface area contributed by atoms with E-state index in [2.05, 4.69) is 11.7 Å². The van der Waals surface area contributed by atoms with Crippen molar-refractivity contribution in [3.05, 3.63) is 0 Å². The maximum atomic E-state index is 9.47. The van der Waals surface area contributed by atoms with Gasteiger partial charge in [-0.2, -0.15) is 0 Å². The molecule has 0 heterocycles. The maximum absolute atomic E-state index is 9.47. The van der Waals surface area contributed by atoms with Crippen LogP contribution in [0.15, 0.2) is 0 Å². The summed E-state index contributed by atoms with van der Waals surface area (Å²) in [5.74, 6) is 0. The molecule has 0 atom stereocenters. The summed E-state index contributed by atoms with van der Waals surface area (Å²) in [6.45, 7) is 0. The summed E-state index contributed by atoms with van der Waals surface area (Å²) in [4.78, 5) is 0. The zero-order valence-electron chi connectivity index (χ0n) is 1.97. The molecule has 0 radical (unpaired) electrons. The molecule has 0 saturated heterocycles. The van der Waals surface area contributed by atoms with Crippen LogP contribution in [-0.4, -0.2) is 8.42 Å². The Morgan fingerprint density at radius 2 is 1.60 bits per heavy atom. The molecule has 0 saturated carbocycles. The van der Waals surface area contributed by atoms with Crippen LogP contribution in [0.3, 0.4) is 0 Å².